The van der Waals surface area contributed by atoms with Crippen molar-refractivity contribution in [2.24, 2.45) is 0 Å². The van der Waals surface area contributed by atoms with E-state index in [4.69, 9.17) is 0 Å². The van der Waals surface area contributed by atoms with Gasteiger partial charge in [0.25, 0.3) is 0 Å². The predicted octanol–water partition coefficient (Wildman–Crippen LogP) is 0.250. The van der Waals surface area contributed by atoms with Gasteiger partial charge in [-0.25, -0.2) is 22.8 Å². The molecule has 0 aliphatic carbocycles. The Morgan fingerprint density at radius 3 is 2.38 bits per heavy atom. The zero-order valence-electron chi connectivity index (χ0n) is 14.3. The number of thiazole rings is 1. The lowest BCUT2D eigenvalue weighted by Gasteiger charge is -2.10. The summed E-state index contributed by atoms with van der Waals surface area (Å²) in [6.45, 7) is 1.15. The second-order valence-electron chi connectivity index (χ2n) is 5.45. The van der Waals surface area contributed by atoms with E-state index in [0.717, 1.165) is 9.20 Å². The van der Waals surface area contributed by atoms with Crippen LogP contribution >= 0.6 is 10.5 Å². The zero-order chi connectivity index (χ0) is 19.5. The first-order valence-electron chi connectivity index (χ1n) is 7.39. The summed E-state index contributed by atoms with van der Waals surface area (Å²) in [6, 6.07) is 5.59. The summed E-state index contributed by atoms with van der Waals surface area (Å²) in [5, 5.41) is 17.2. The van der Waals surface area contributed by atoms with E-state index >= 15 is 0 Å². The molecular formula is C15H18N4O5S2. The summed E-state index contributed by atoms with van der Waals surface area (Å²) in [5.41, 5.74) is 0.688. The Morgan fingerprint density at radius 2 is 1.85 bits per heavy atom. The van der Waals surface area contributed by atoms with Gasteiger partial charge >= 0.3 is 11.2 Å². The van der Waals surface area contributed by atoms with Crippen molar-refractivity contribution in [1.82, 2.24) is 14.6 Å². The van der Waals surface area contributed by atoms with Gasteiger partial charge in [0.1, 0.15) is 0 Å². The monoisotopic (exact) mass is 398 g/mol. The average Bonchev–Trinajstić information content (AvgIpc) is 2.93. The number of carboxylic acid groups (broad SMARTS) is 1. The largest absolute Gasteiger partial charge is 0.548 e. The molecule has 2 rings (SSSR count). The van der Waals surface area contributed by atoms with Crippen molar-refractivity contribution in [3.63, 3.8) is 0 Å². The molecule has 140 valence electrons. The van der Waals surface area contributed by atoms with Crippen molar-refractivity contribution in [3.8, 4) is 4.90 Å². The number of amides is 2. The second kappa shape index (κ2) is 7.81. The van der Waals surface area contributed by atoms with Gasteiger partial charge < -0.3 is 15.2 Å². The number of carbonyl (C=O) groups is 2. The molecule has 26 heavy (non-hydrogen) atoms. The SMILES string of the molecule is Cc1c[s+](-c2ccc(S(=O)(=O)N(C)C)cc2)c(NC(=O)NCC(=O)[O-])n1. The van der Waals surface area contributed by atoms with Crippen LogP contribution in [-0.2, 0) is 14.8 Å². The number of carboxylic acids is 1. The third kappa shape index (κ3) is 4.56. The van der Waals surface area contributed by atoms with E-state index in [1.807, 2.05) is 5.38 Å². The molecule has 0 fully saturated rings. The third-order valence-corrected chi connectivity index (χ3v) is 7.04. The van der Waals surface area contributed by atoms with Crippen LogP contribution in [0.2, 0.25) is 0 Å². The normalized spacial score (nSPS) is 12.1. The third-order valence-electron chi connectivity index (χ3n) is 3.24. The Labute approximate surface area is 153 Å². The summed E-state index contributed by atoms with van der Waals surface area (Å²) in [4.78, 5) is 27.3. The number of urea groups is 1. The molecule has 2 N–H and O–H groups in total. The first-order chi connectivity index (χ1) is 12.1. The van der Waals surface area contributed by atoms with Crippen molar-refractivity contribution in [1.29, 1.82) is 0 Å². The van der Waals surface area contributed by atoms with Gasteiger partial charge in [0.05, 0.1) is 33.6 Å². The van der Waals surface area contributed by atoms with Gasteiger partial charge in [-0.05, 0) is 31.2 Å². The minimum atomic E-state index is -3.53. The van der Waals surface area contributed by atoms with Gasteiger partial charge in [-0.1, -0.05) is 0 Å². The average molecular weight is 398 g/mol. The topological polar surface area (TPSA) is 132 Å². The molecule has 1 heterocycles. The minimum absolute atomic E-state index is 0.160. The number of aryl methyl sites for hydroxylation is 1. The predicted molar refractivity (Wildman–Crippen MR) is 95.7 cm³/mol. The Hall–Kier alpha value is -2.50. The molecule has 2 aromatic rings. The molecule has 0 bridgehead atoms. The van der Waals surface area contributed by atoms with E-state index in [1.54, 1.807) is 19.1 Å². The van der Waals surface area contributed by atoms with Crippen molar-refractivity contribution >= 4 is 37.6 Å². The molecule has 0 radical (unpaired) electrons. The van der Waals surface area contributed by atoms with E-state index in [2.05, 4.69) is 15.6 Å². The molecule has 1 aromatic carbocycles. The number of nitrogens with zero attached hydrogens (tertiary/aromatic N) is 2. The lowest BCUT2D eigenvalue weighted by molar-refractivity contribution is -0.303. The molecule has 11 heteroatoms. The highest BCUT2D eigenvalue weighted by Gasteiger charge is 2.24. The lowest BCUT2D eigenvalue weighted by Crippen LogP contribution is -2.39. The molecule has 0 saturated heterocycles. The van der Waals surface area contributed by atoms with Crippen molar-refractivity contribution in [2.45, 2.75) is 11.8 Å². The molecule has 1 atom stereocenters. The second-order valence-corrected chi connectivity index (χ2v) is 9.37. The highest BCUT2D eigenvalue weighted by atomic mass is 32.2. The van der Waals surface area contributed by atoms with Crippen LogP contribution < -0.4 is 15.7 Å². The van der Waals surface area contributed by atoms with Crippen LogP contribution in [0.25, 0.3) is 4.90 Å². The van der Waals surface area contributed by atoms with Crippen LogP contribution in [0.4, 0.5) is 9.93 Å². The van der Waals surface area contributed by atoms with E-state index in [-0.39, 0.29) is 4.90 Å². The van der Waals surface area contributed by atoms with Crippen molar-refractivity contribution in [3.05, 3.63) is 35.3 Å². The number of hydrogen-bond donors (Lipinski definition) is 2. The maximum atomic E-state index is 12.1. The van der Waals surface area contributed by atoms with Crippen molar-refractivity contribution in [2.75, 3.05) is 26.0 Å². The van der Waals surface area contributed by atoms with Crippen LogP contribution in [0, 0.1) is 6.92 Å². The number of sulfonamides is 1. The quantitative estimate of drug-likeness (QED) is 0.671. The number of anilines is 1. The summed E-state index contributed by atoms with van der Waals surface area (Å²) in [6.07, 6.45) is 0. The van der Waals surface area contributed by atoms with Gasteiger partial charge in [-0.15, -0.1) is 0 Å². The molecule has 2 amide bonds. The summed E-state index contributed by atoms with van der Waals surface area (Å²) < 4.78 is 25.4. The van der Waals surface area contributed by atoms with Gasteiger partial charge in [0.2, 0.25) is 10.0 Å². The number of aromatic nitrogens is 1. The maximum absolute atomic E-state index is 12.1. The fourth-order valence-electron chi connectivity index (χ4n) is 1.99. The fourth-order valence-corrected chi connectivity index (χ4v) is 4.63. The van der Waals surface area contributed by atoms with Crippen LogP contribution in [0.1, 0.15) is 5.69 Å². The van der Waals surface area contributed by atoms with Crippen molar-refractivity contribution < 1.29 is 23.1 Å². The van der Waals surface area contributed by atoms with Gasteiger partial charge in [-0.3, -0.25) is 0 Å². The number of carbonyl (C=O) groups excluding carboxylic acids is 2. The first-order valence-corrected chi connectivity index (χ1v) is 10.1. The molecule has 9 nitrogen and oxygen atoms in total. The molecule has 1 unspecified atom stereocenters. The van der Waals surface area contributed by atoms with E-state index in [0.29, 0.717) is 10.8 Å². The molecular weight excluding hydrogens is 380 g/mol. The van der Waals surface area contributed by atoms with Gasteiger partial charge in [-0.2, -0.15) is 4.98 Å². The van der Waals surface area contributed by atoms with Crippen LogP contribution in [-0.4, -0.2) is 50.3 Å². The van der Waals surface area contributed by atoms with E-state index in [1.165, 1.54) is 26.2 Å². The fraction of sp³-hybridized carbons (Fsp3) is 0.267. The number of hydrogen-bond acceptors (Lipinski definition) is 6. The van der Waals surface area contributed by atoms with E-state index in [9.17, 15) is 23.1 Å². The Bertz CT molecular complexity index is 920. The summed E-state index contributed by atoms with van der Waals surface area (Å²) in [7, 11) is -1.32. The standard InChI is InChI=1S/C15H18N4O5S2/c1-10-9-25(15(17-10)18-14(22)16-8-13(20)21)11-4-6-12(7-5-11)26(23,24)19(2)3/h4-7,9H,8H2,1-3H3,(H2-,16,17,18,20,21,22). The summed E-state index contributed by atoms with van der Waals surface area (Å²) >= 11 is 0. The lowest BCUT2D eigenvalue weighted by atomic mass is 10.4. The Balaban J connectivity index is 2.27. The van der Waals surface area contributed by atoms with Crippen LogP contribution in [0.15, 0.2) is 34.5 Å². The number of benzene rings is 1. The van der Waals surface area contributed by atoms with Crippen LogP contribution in [0.3, 0.4) is 0 Å². The minimum Gasteiger partial charge on any atom is -0.548 e. The molecule has 0 aliphatic heterocycles. The Morgan fingerprint density at radius 1 is 1.23 bits per heavy atom. The van der Waals surface area contributed by atoms with E-state index < -0.39 is 39.0 Å². The highest BCUT2D eigenvalue weighted by molar-refractivity contribution is 7.89. The molecule has 1 aromatic heterocycles. The van der Waals surface area contributed by atoms with Gasteiger partial charge in [0, 0.05) is 14.1 Å². The number of aliphatic carboxylic acids is 1. The van der Waals surface area contributed by atoms with Crippen LogP contribution in [0.5, 0.6) is 0 Å². The Kier molecular flexibility index (Phi) is 5.95. The molecule has 0 spiro atoms. The maximum Gasteiger partial charge on any atom is 0.353 e. The number of rotatable bonds is 6. The first kappa shape index (κ1) is 19.8. The highest BCUT2D eigenvalue weighted by Crippen LogP contribution is 2.39. The molecule has 0 saturated carbocycles. The summed E-state index contributed by atoms with van der Waals surface area (Å²) in [5.74, 6) is -1.40. The zero-order valence-corrected chi connectivity index (χ0v) is 16.0. The smallest absolute Gasteiger partial charge is 0.353 e. The number of nitrogens with one attached hydrogen (secondary N) is 2. The van der Waals surface area contributed by atoms with Gasteiger partial charge in [0.15, 0.2) is 10.3 Å². The molecule has 0 aliphatic rings.